The molecule has 1 N–H and O–H groups in total. The van der Waals surface area contributed by atoms with Crippen molar-refractivity contribution >= 4 is 46.1 Å². The van der Waals surface area contributed by atoms with Crippen LogP contribution in [0.25, 0.3) is 17.0 Å². The Morgan fingerprint density at radius 2 is 1.87 bits per heavy atom. The number of benzene rings is 2. The molecule has 2 aromatic carbocycles. The van der Waals surface area contributed by atoms with Crippen molar-refractivity contribution in [2.75, 3.05) is 6.54 Å². The van der Waals surface area contributed by atoms with Crippen LogP contribution in [0.1, 0.15) is 5.56 Å². The predicted octanol–water partition coefficient (Wildman–Crippen LogP) is 3.92. The summed E-state index contributed by atoms with van der Waals surface area (Å²) in [6, 6.07) is 13.1. The van der Waals surface area contributed by atoms with Crippen molar-refractivity contribution in [1.29, 1.82) is 0 Å². The van der Waals surface area contributed by atoms with Crippen LogP contribution in [-0.2, 0) is 16.6 Å². The Balaban J connectivity index is 1.87. The molecule has 6 nitrogen and oxygen atoms in total. The van der Waals surface area contributed by atoms with E-state index in [2.05, 4.69) is 11.9 Å². The quantitative estimate of drug-likeness (QED) is 0.286. The highest BCUT2D eigenvalue weighted by Gasteiger charge is 2.33. The van der Waals surface area contributed by atoms with Crippen LogP contribution in [0.4, 0.5) is 4.39 Å². The summed E-state index contributed by atoms with van der Waals surface area (Å²) in [5.41, 5.74) is 1.32. The van der Waals surface area contributed by atoms with E-state index in [0.29, 0.717) is 17.2 Å². The third-order valence-corrected chi connectivity index (χ3v) is 5.23. The minimum atomic E-state index is -0.587. The molecule has 0 aliphatic carbocycles. The van der Waals surface area contributed by atoms with Gasteiger partial charge in [0.25, 0.3) is 11.8 Å². The first-order valence-electron chi connectivity index (χ1n) is 9.41. The SMILES string of the molecule is C=CCN1C(=O)C(=Cc2c(Oc3ccc(F)cc3)n(C)c3ccccc23)C(=O)NC1=S. The predicted molar refractivity (Wildman–Crippen MR) is 120 cm³/mol. The zero-order chi connectivity index (χ0) is 22.1. The summed E-state index contributed by atoms with van der Waals surface area (Å²) in [4.78, 5) is 26.8. The number of aromatic nitrogens is 1. The smallest absolute Gasteiger partial charge is 0.265 e. The van der Waals surface area contributed by atoms with Gasteiger partial charge < -0.3 is 9.30 Å². The fraction of sp³-hybridized carbons (Fsp3) is 0.0870. The zero-order valence-corrected chi connectivity index (χ0v) is 17.4. The summed E-state index contributed by atoms with van der Waals surface area (Å²) in [6.45, 7) is 3.80. The number of para-hydroxylation sites is 1. The lowest BCUT2D eigenvalue weighted by Gasteiger charge is -2.27. The summed E-state index contributed by atoms with van der Waals surface area (Å²) in [5, 5.41) is 3.36. The highest BCUT2D eigenvalue weighted by atomic mass is 32.1. The van der Waals surface area contributed by atoms with E-state index in [1.807, 2.05) is 35.9 Å². The summed E-state index contributed by atoms with van der Waals surface area (Å²) < 4.78 is 21.2. The molecule has 0 saturated carbocycles. The maximum atomic E-state index is 13.3. The first kappa shape index (κ1) is 20.5. The van der Waals surface area contributed by atoms with Gasteiger partial charge in [0.2, 0.25) is 5.88 Å². The number of nitrogens with zero attached hydrogens (tertiary/aromatic N) is 2. The molecule has 156 valence electrons. The fourth-order valence-electron chi connectivity index (χ4n) is 3.41. The van der Waals surface area contributed by atoms with E-state index in [1.165, 1.54) is 41.3 Å². The molecular weight excluding hydrogens is 417 g/mol. The molecule has 3 aromatic rings. The number of aryl methyl sites for hydroxylation is 1. The number of carbonyl (C=O) groups is 2. The number of amides is 2. The average Bonchev–Trinajstić information content (AvgIpc) is 3.01. The maximum absolute atomic E-state index is 13.3. The van der Waals surface area contributed by atoms with Gasteiger partial charge in [-0.25, -0.2) is 4.39 Å². The van der Waals surface area contributed by atoms with Gasteiger partial charge >= 0.3 is 0 Å². The molecule has 1 aliphatic rings. The Hall–Kier alpha value is -3.78. The van der Waals surface area contributed by atoms with E-state index in [1.54, 1.807) is 0 Å². The lowest BCUT2D eigenvalue weighted by atomic mass is 10.1. The third-order valence-electron chi connectivity index (χ3n) is 4.90. The minimum Gasteiger partial charge on any atom is -0.440 e. The number of carbonyl (C=O) groups excluding carboxylic acids is 2. The molecule has 1 aliphatic heterocycles. The molecule has 0 atom stereocenters. The van der Waals surface area contributed by atoms with E-state index in [9.17, 15) is 14.0 Å². The van der Waals surface area contributed by atoms with Gasteiger partial charge in [0.1, 0.15) is 17.1 Å². The van der Waals surface area contributed by atoms with Gasteiger partial charge in [0, 0.05) is 24.5 Å². The highest BCUT2D eigenvalue weighted by Crippen LogP contribution is 2.36. The number of nitrogens with one attached hydrogen (secondary N) is 1. The van der Waals surface area contributed by atoms with Crippen LogP contribution < -0.4 is 10.1 Å². The molecule has 2 amide bonds. The van der Waals surface area contributed by atoms with Crippen molar-refractivity contribution in [2.45, 2.75) is 0 Å². The van der Waals surface area contributed by atoms with Crippen molar-refractivity contribution in [3.8, 4) is 11.6 Å². The zero-order valence-electron chi connectivity index (χ0n) is 16.6. The number of hydrogen-bond acceptors (Lipinski definition) is 4. The largest absolute Gasteiger partial charge is 0.440 e. The Bertz CT molecular complexity index is 1260. The Kier molecular flexibility index (Phi) is 5.39. The van der Waals surface area contributed by atoms with Gasteiger partial charge in [-0.1, -0.05) is 24.3 Å². The molecule has 0 bridgehead atoms. The van der Waals surface area contributed by atoms with Crippen LogP contribution in [0.2, 0.25) is 0 Å². The number of rotatable bonds is 5. The molecule has 31 heavy (non-hydrogen) atoms. The van der Waals surface area contributed by atoms with Crippen LogP contribution in [-0.4, -0.2) is 32.9 Å². The second-order valence-corrected chi connectivity index (χ2v) is 7.26. The Morgan fingerprint density at radius 1 is 1.16 bits per heavy atom. The second kappa shape index (κ2) is 8.16. The summed E-state index contributed by atoms with van der Waals surface area (Å²) in [5.74, 6) is -0.662. The summed E-state index contributed by atoms with van der Waals surface area (Å²) in [7, 11) is 1.81. The third kappa shape index (κ3) is 3.73. The van der Waals surface area contributed by atoms with Crippen molar-refractivity contribution in [3.63, 3.8) is 0 Å². The second-order valence-electron chi connectivity index (χ2n) is 6.87. The van der Waals surface area contributed by atoms with Crippen LogP contribution in [0, 0.1) is 5.82 Å². The normalized spacial score (nSPS) is 15.5. The number of halogens is 1. The number of fused-ring (bicyclic) bond motifs is 1. The molecule has 0 radical (unpaired) electrons. The van der Waals surface area contributed by atoms with E-state index in [4.69, 9.17) is 17.0 Å². The Labute approximate surface area is 183 Å². The van der Waals surface area contributed by atoms with Gasteiger partial charge in [0.05, 0.1) is 5.52 Å². The minimum absolute atomic E-state index is 0.0350. The monoisotopic (exact) mass is 435 g/mol. The van der Waals surface area contributed by atoms with Gasteiger partial charge in [0.15, 0.2) is 5.11 Å². The highest BCUT2D eigenvalue weighted by molar-refractivity contribution is 7.80. The van der Waals surface area contributed by atoms with E-state index < -0.39 is 11.8 Å². The molecule has 0 unspecified atom stereocenters. The standard InChI is InChI=1S/C23H18FN3O3S/c1-3-12-27-21(29)18(20(28)25-23(27)31)13-17-16-6-4-5-7-19(16)26(2)22(17)30-15-10-8-14(24)9-11-15/h3-11,13H,1,12H2,2H3,(H,25,28,31). The number of thiocarbonyl (C=S) groups is 1. The first-order valence-corrected chi connectivity index (χ1v) is 9.82. The lowest BCUT2D eigenvalue weighted by molar-refractivity contribution is -0.128. The van der Waals surface area contributed by atoms with Crippen molar-refractivity contribution in [2.24, 2.45) is 7.05 Å². The van der Waals surface area contributed by atoms with E-state index >= 15 is 0 Å². The molecule has 4 rings (SSSR count). The molecule has 1 saturated heterocycles. The fourth-order valence-corrected chi connectivity index (χ4v) is 3.66. The first-order chi connectivity index (χ1) is 14.9. The van der Waals surface area contributed by atoms with Crippen LogP contribution in [0.3, 0.4) is 0 Å². The van der Waals surface area contributed by atoms with Crippen LogP contribution in [0.15, 0.2) is 66.8 Å². The molecule has 2 heterocycles. The molecule has 1 fully saturated rings. The maximum Gasteiger partial charge on any atom is 0.265 e. The molecule has 8 heteroatoms. The van der Waals surface area contributed by atoms with Crippen molar-refractivity contribution in [1.82, 2.24) is 14.8 Å². The molecule has 1 aromatic heterocycles. The van der Waals surface area contributed by atoms with E-state index in [0.717, 1.165) is 10.9 Å². The van der Waals surface area contributed by atoms with Crippen molar-refractivity contribution in [3.05, 3.63) is 78.1 Å². The Morgan fingerprint density at radius 3 is 2.58 bits per heavy atom. The van der Waals surface area contributed by atoms with Gasteiger partial charge in [-0.05, 0) is 48.6 Å². The van der Waals surface area contributed by atoms with Crippen molar-refractivity contribution < 1.29 is 18.7 Å². The topological polar surface area (TPSA) is 63.6 Å². The lowest BCUT2D eigenvalue weighted by Crippen LogP contribution is -2.53. The van der Waals surface area contributed by atoms with Crippen LogP contribution >= 0.6 is 12.2 Å². The van der Waals surface area contributed by atoms with Crippen LogP contribution in [0.5, 0.6) is 11.6 Å². The molecule has 0 spiro atoms. The van der Waals surface area contributed by atoms with E-state index in [-0.39, 0.29) is 23.0 Å². The van der Waals surface area contributed by atoms with Gasteiger partial charge in [-0.15, -0.1) is 6.58 Å². The summed E-state index contributed by atoms with van der Waals surface area (Å²) in [6.07, 6.45) is 3.02. The van der Waals surface area contributed by atoms with Gasteiger partial charge in [-0.3, -0.25) is 19.8 Å². The van der Waals surface area contributed by atoms with Gasteiger partial charge in [-0.2, -0.15) is 0 Å². The number of hydrogen-bond donors (Lipinski definition) is 1. The summed E-state index contributed by atoms with van der Waals surface area (Å²) >= 11 is 5.11. The molecular formula is C23H18FN3O3S. The average molecular weight is 435 g/mol. The number of ether oxygens (including phenoxy) is 1.